The highest BCUT2D eigenvalue weighted by atomic mass is 32.2. The molecule has 0 amide bonds. The van der Waals surface area contributed by atoms with Crippen molar-refractivity contribution in [3.05, 3.63) is 54.0 Å². The molecule has 106 valence electrons. The standard InChI is InChI=1S/C16H21N3S/c1-3-8-18-15(14-7-5-4-6-13(14)2)12-20-16-11-17-9-10-19-16/h4-7,9-11,15,18H,3,8,12H2,1-2H3. The minimum Gasteiger partial charge on any atom is -0.309 e. The summed E-state index contributed by atoms with van der Waals surface area (Å²) in [6.45, 7) is 5.39. The lowest BCUT2D eigenvalue weighted by Crippen LogP contribution is -2.24. The summed E-state index contributed by atoms with van der Waals surface area (Å²) in [4.78, 5) is 8.43. The summed E-state index contributed by atoms with van der Waals surface area (Å²) >= 11 is 1.75. The fourth-order valence-electron chi connectivity index (χ4n) is 2.08. The number of aryl methyl sites for hydroxylation is 1. The Labute approximate surface area is 125 Å². The van der Waals surface area contributed by atoms with E-state index >= 15 is 0 Å². The predicted octanol–water partition coefficient (Wildman–Crippen LogP) is 3.62. The maximum atomic E-state index is 4.32. The van der Waals surface area contributed by atoms with E-state index in [4.69, 9.17) is 0 Å². The van der Waals surface area contributed by atoms with Gasteiger partial charge in [-0.05, 0) is 31.0 Å². The van der Waals surface area contributed by atoms with Crippen LogP contribution in [0, 0.1) is 6.92 Å². The molecule has 1 aromatic heterocycles. The van der Waals surface area contributed by atoms with E-state index in [9.17, 15) is 0 Å². The lowest BCUT2D eigenvalue weighted by Gasteiger charge is -2.20. The van der Waals surface area contributed by atoms with Crippen LogP contribution in [0.15, 0.2) is 47.9 Å². The van der Waals surface area contributed by atoms with Crippen molar-refractivity contribution in [2.24, 2.45) is 0 Å². The van der Waals surface area contributed by atoms with Crippen molar-refractivity contribution in [2.45, 2.75) is 31.3 Å². The van der Waals surface area contributed by atoms with E-state index in [-0.39, 0.29) is 0 Å². The molecule has 0 spiro atoms. The van der Waals surface area contributed by atoms with Crippen LogP contribution in [0.25, 0.3) is 0 Å². The molecule has 1 heterocycles. The SMILES string of the molecule is CCCNC(CSc1cnccn1)c1ccccc1C. The van der Waals surface area contributed by atoms with E-state index < -0.39 is 0 Å². The molecule has 1 atom stereocenters. The van der Waals surface area contributed by atoms with Crippen LogP contribution in [0.1, 0.15) is 30.5 Å². The second kappa shape index (κ2) is 8.02. The Kier molecular flexibility index (Phi) is 6.02. The van der Waals surface area contributed by atoms with Crippen molar-refractivity contribution in [3.8, 4) is 0 Å². The van der Waals surface area contributed by atoms with Crippen LogP contribution >= 0.6 is 11.8 Å². The Bertz CT molecular complexity index is 516. The van der Waals surface area contributed by atoms with Gasteiger partial charge in [0.15, 0.2) is 0 Å². The first-order valence-corrected chi connectivity index (χ1v) is 7.97. The maximum absolute atomic E-state index is 4.32. The van der Waals surface area contributed by atoms with E-state index in [1.54, 1.807) is 24.2 Å². The third-order valence-corrected chi connectivity index (χ3v) is 4.15. The zero-order chi connectivity index (χ0) is 14.2. The molecule has 0 aliphatic rings. The molecule has 3 nitrogen and oxygen atoms in total. The fourth-order valence-corrected chi connectivity index (χ4v) is 2.99. The van der Waals surface area contributed by atoms with Crippen LogP contribution < -0.4 is 5.32 Å². The van der Waals surface area contributed by atoms with Crippen molar-refractivity contribution in [1.82, 2.24) is 15.3 Å². The highest BCUT2D eigenvalue weighted by Gasteiger charge is 2.13. The van der Waals surface area contributed by atoms with Gasteiger partial charge in [-0.3, -0.25) is 4.98 Å². The van der Waals surface area contributed by atoms with Crippen LogP contribution in [0.3, 0.4) is 0 Å². The van der Waals surface area contributed by atoms with Gasteiger partial charge in [0.1, 0.15) is 5.03 Å². The Hall–Kier alpha value is -1.39. The van der Waals surface area contributed by atoms with E-state index in [0.29, 0.717) is 6.04 Å². The molecule has 0 bridgehead atoms. The molecule has 2 rings (SSSR count). The van der Waals surface area contributed by atoms with Crippen LogP contribution in [-0.4, -0.2) is 22.3 Å². The van der Waals surface area contributed by atoms with Crippen molar-refractivity contribution in [2.75, 3.05) is 12.3 Å². The molecule has 2 aromatic rings. The Morgan fingerprint density at radius 1 is 1.25 bits per heavy atom. The third-order valence-electron chi connectivity index (χ3n) is 3.14. The Morgan fingerprint density at radius 3 is 2.80 bits per heavy atom. The van der Waals surface area contributed by atoms with Gasteiger partial charge in [-0.25, -0.2) is 4.98 Å². The largest absolute Gasteiger partial charge is 0.309 e. The van der Waals surface area contributed by atoms with E-state index in [2.05, 4.69) is 53.4 Å². The van der Waals surface area contributed by atoms with Crippen LogP contribution in [0.5, 0.6) is 0 Å². The number of nitrogens with zero attached hydrogens (tertiary/aromatic N) is 2. The Balaban J connectivity index is 2.06. The summed E-state index contributed by atoms with van der Waals surface area (Å²) in [6.07, 6.45) is 6.40. The monoisotopic (exact) mass is 287 g/mol. The molecule has 1 N–H and O–H groups in total. The van der Waals surface area contributed by atoms with Crippen LogP contribution in [-0.2, 0) is 0 Å². The van der Waals surface area contributed by atoms with Crippen molar-refractivity contribution >= 4 is 11.8 Å². The molecule has 0 saturated carbocycles. The van der Waals surface area contributed by atoms with Crippen molar-refractivity contribution in [1.29, 1.82) is 0 Å². The van der Waals surface area contributed by atoms with Gasteiger partial charge in [-0.15, -0.1) is 11.8 Å². The molecule has 0 fully saturated rings. The van der Waals surface area contributed by atoms with Gasteiger partial charge in [-0.2, -0.15) is 0 Å². The number of rotatable bonds is 7. The molecular formula is C16H21N3S. The van der Waals surface area contributed by atoms with Gasteiger partial charge in [0.05, 0.1) is 6.20 Å². The highest BCUT2D eigenvalue weighted by molar-refractivity contribution is 7.99. The first kappa shape index (κ1) is 15.0. The molecular weight excluding hydrogens is 266 g/mol. The number of benzene rings is 1. The number of hydrogen-bond donors (Lipinski definition) is 1. The Morgan fingerprint density at radius 2 is 2.10 bits per heavy atom. The summed E-state index contributed by atoms with van der Waals surface area (Å²) in [5.41, 5.74) is 2.71. The molecule has 4 heteroatoms. The van der Waals surface area contributed by atoms with Crippen molar-refractivity contribution < 1.29 is 0 Å². The van der Waals surface area contributed by atoms with Gasteiger partial charge in [0.25, 0.3) is 0 Å². The summed E-state index contributed by atoms with van der Waals surface area (Å²) in [6, 6.07) is 8.92. The van der Waals surface area contributed by atoms with E-state index in [1.807, 2.05) is 6.20 Å². The zero-order valence-electron chi connectivity index (χ0n) is 12.0. The van der Waals surface area contributed by atoms with Crippen LogP contribution in [0.2, 0.25) is 0 Å². The van der Waals surface area contributed by atoms with Gasteiger partial charge < -0.3 is 5.32 Å². The molecule has 0 aliphatic heterocycles. The topological polar surface area (TPSA) is 37.8 Å². The van der Waals surface area contributed by atoms with E-state index in [1.165, 1.54) is 11.1 Å². The minimum atomic E-state index is 0.350. The summed E-state index contributed by atoms with van der Waals surface area (Å²) in [7, 11) is 0. The summed E-state index contributed by atoms with van der Waals surface area (Å²) in [5, 5.41) is 4.60. The smallest absolute Gasteiger partial charge is 0.114 e. The molecule has 20 heavy (non-hydrogen) atoms. The average Bonchev–Trinajstić information content (AvgIpc) is 2.49. The van der Waals surface area contributed by atoms with E-state index in [0.717, 1.165) is 23.7 Å². The second-order valence-corrected chi connectivity index (χ2v) is 5.76. The first-order chi connectivity index (χ1) is 9.81. The number of hydrogen-bond acceptors (Lipinski definition) is 4. The van der Waals surface area contributed by atoms with Crippen molar-refractivity contribution in [3.63, 3.8) is 0 Å². The number of thioether (sulfide) groups is 1. The average molecular weight is 287 g/mol. The number of aromatic nitrogens is 2. The predicted molar refractivity (Wildman–Crippen MR) is 85.0 cm³/mol. The normalized spacial score (nSPS) is 12.3. The molecule has 0 radical (unpaired) electrons. The summed E-state index contributed by atoms with van der Waals surface area (Å²) < 4.78 is 0. The molecule has 0 saturated heterocycles. The zero-order valence-corrected chi connectivity index (χ0v) is 12.9. The first-order valence-electron chi connectivity index (χ1n) is 6.99. The lowest BCUT2D eigenvalue weighted by molar-refractivity contribution is 0.575. The number of nitrogens with one attached hydrogen (secondary N) is 1. The molecule has 0 aliphatic carbocycles. The van der Waals surface area contributed by atoms with Gasteiger partial charge in [-0.1, -0.05) is 31.2 Å². The highest BCUT2D eigenvalue weighted by Crippen LogP contribution is 2.24. The molecule has 1 aromatic carbocycles. The van der Waals surface area contributed by atoms with Gasteiger partial charge in [0, 0.05) is 24.2 Å². The van der Waals surface area contributed by atoms with Crippen LogP contribution in [0.4, 0.5) is 0 Å². The van der Waals surface area contributed by atoms with Gasteiger partial charge in [0.2, 0.25) is 0 Å². The lowest BCUT2D eigenvalue weighted by atomic mass is 10.0. The van der Waals surface area contributed by atoms with Gasteiger partial charge >= 0.3 is 0 Å². The maximum Gasteiger partial charge on any atom is 0.114 e. The minimum absolute atomic E-state index is 0.350. The fraction of sp³-hybridized carbons (Fsp3) is 0.375. The summed E-state index contributed by atoms with van der Waals surface area (Å²) in [5.74, 6) is 0.962. The third kappa shape index (κ3) is 4.32. The quantitative estimate of drug-likeness (QED) is 0.789. The second-order valence-electron chi connectivity index (χ2n) is 4.72. The molecule has 1 unspecified atom stereocenters.